The van der Waals surface area contributed by atoms with Crippen molar-refractivity contribution in [3.8, 4) is 0 Å². The van der Waals surface area contributed by atoms with E-state index in [4.69, 9.17) is 0 Å². The maximum absolute atomic E-state index is 12.2. The first kappa shape index (κ1) is 17.6. The predicted molar refractivity (Wildman–Crippen MR) is 89.5 cm³/mol. The molecule has 0 unspecified atom stereocenters. The SMILES string of the molecule is CN(CCCC(=O)NCc1ccccn1)S(=O)(=O)c1cccs1. The van der Waals surface area contributed by atoms with Crippen molar-refractivity contribution in [2.75, 3.05) is 13.6 Å². The Morgan fingerprint density at radius 3 is 2.78 bits per heavy atom. The van der Waals surface area contributed by atoms with Gasteiger partial charge >= 0.3 is 0 Å². The molecule has 2 rings (SSSR count). The lowest BCUT2D eigenvalue weighted by molar-refractivity contribution is -0.121. The van der Waals surface area contributed by atoms with Crippen LogP contribution in [0.2, 0.25) is 0 Å². The quantitative estimate of drug-likeness (QED) is 0.786. The standard InChI is InChI=1S/C15H19N3O3S2/c1-18(23(20,21)15-8-5-11-22-15)10-4-7-14(19)17-12-13-6-2-3-9-16-13/h2-3,5-6,8-9,11H,4,7,10,12H2,1H3,(H,17,19). The van der Waals surface area contributed by atoms with Crippen LogP contribution in [-0.4, -0.2) is 37.2 Å². The van der Waals surface area contributed by atoms with Crippen LogP contribution in [0.3, 0.4) is 0 Å². The highest BCUT2D eigenvalue weighted by atomic mass is 32.2. The zero-order valence-corrected chi connectivity index (χ0v) is 14.4. The van der Waals surface area contributed by atoms with Crippen LogP contribution in [0.1, 0.15) is 18.5 Å². The number of rotatable bonds is 8. The van der Waals surface area contributed by atoms with E-state index in [2.05, 4.69) is 10.3 Å². The van der Waals surface area contributed by atoms with E-state index in [1.807, 2.05) is 18.2 Å². The third-order valence-corrected chi connectivity index (χ3v) is 6.46. The number of pyridine rings is 1. The van der Waals surface area contributed by atoms with Crippen LogP contribution in [0.5, 0.6) is 0 Å². The van der Waals surface area contributed by atoms with E-state index in [0.717, 1.165) is 5.69 Å². The molecule has 2 aromatic rings. The summed E-state index contributed by atoms with van der Waals surface area (Å²) in [6, 6.07) is 8.79. The molecule has 0 saturated heterocycles. The Morgan fingerprint density at radius 1 is 1.30 bits per heavy atom. The second kappa shape index (κ2) is 8.19. The number of carbonyl (C=O) groups excluding carboxylic acids is 1. The van der Waals surface area contributed by atoms with E-state index in [9.17, 15) is 13.2 Å². The lowest BCUT2D eigenvalue weighted by Gasteiger charge is -2.15. The second-order valence-electron chi connectivity index (χ2n) is 4.96. The average Bonchev–Trinajstić information content (AvgIpc) is 3.09. The van der Waals surface area contributed by atoms with Crippen LogP contribution >= 0.6 is 11.3 Å². The third kappa shape index (κ3) is 5.12. The molecule has 124 valence electrons. The summed E-state index contributed by atoms with van der Waals surface area (Å²) in [6.07, 6.45) is 2.41. The van der Waals surface area contributed by atoms with Gasteiger partial charge in [-0.1, -0.05) is 12.1 Å². The number of amides is 1. The molecule has 0 aliphatic heterocycles. The van der Waals surface area contributed by atoms with Gasteiger partial charge in [-0.05, 0) is 30.0 Å². The molecule has 0 atom stereocenters. The first-order chi connectivity index (χ1) is 11.0. The van der Waals surface area contributed by atoms with Crippen LogP contribution in [0.15, 0.2) is 46.1 Å². The lowest BCUT2D eigenvalue weighted by atomic mass is 10.3. The molecule has 0 saturated carbocycles. The number of thiophene rings is 1. The van der Waals surface area contributed by atoms with Crippen LogP contribution < -0.4 is 5.32 Å². The molecule has 0 bridgehead atoms. The van der Waals surface area contributed by atoms with Gasteiger partial charge in [0.2, 0.25) is 5.91 Å². The van der Waals surface area contributed by atoms with Crippen molar-refractivity contribution in [1.82, 2.24) is 14.6 Å². The molecule has 6 nitrogen and oxygen atoms in total. The van der Waals surface area contributed by atoms with Crippen molar-refractivity contribution in [3.63, 3.8) is 0 Å². The van der Waals surface area contributed by atoms with Gasteiger partial charge in [0, 0.05) is 26.2 Å². The molecule has 0 aliphatic carbocycles. The fourth-order valence-electron chi connectivity index (χ4n) is 1.93. The highest BCUT2D eigenvalue weighted by molar-refractivity contribution is 7.91. The van der Waals surface area contributed by atoms with Crippen molar-refractivity contribution in [3.05, 3.63) is 47.6 Å². The van der Waals surface area contributed by atoms with Crippen molar-refractivity contribution >= 4 is 27.3 Å². The maximum atomic E-state index is 12.2. The summed E-state index contributed by atoms with van der Waals surface area (Å²) in [7, 11) is -1.91. The molecule has 1 N–H and O–H groups in total. The normalized spacial score (nSPS) is 11.6. The molecular formula is C15H19N3O3S2. The molecule has 0 aliphatic rings. The molecule has 0 radical (unpaired) electrons. The Bertz CT molecular complexity index is 716. The van der Waals surface area contributed by atoms with Crippen molar-refractivity contribution in [2.45, 2.75) is 23.6 Å². The molecule has 0 spiro atoms. The summed E-state index contributed by atoms with van der Waals surface area (Å²) >= 11 is 1.19. The van der Waals surface area contributed by atoms with Gasteiger partial charge in [-0.25, -0.2) is 12.7 Å². The highest BCUT2D eigenvalue weighted by Crippen LogP contribution is 2.19. The number of hydrogen-bond donors (Lipinski definition) is 1. The largest absolute Gasteiger partial charge is 0.350 e. The van der Waals surface area contributed by atoms with Gasteiger partial charge < -0.3 is 5.32 Å². The highest BCUT2D eigenvalue weighted by Gasteiger charge is 2.21. The predicted octanol–water partition coefficient (Wildman–Crippen LogP) is 1.86. The van der Waals surface area contributed by atoms with E-state index < -0.39 is 10.0 Å². The number of nitrogens with zero attached hydrogens (tertiary/aromatic N) is 2. The van der Waals surface area contributed by atoms with Gasteiger partial charge in [-0.2, -0.15) is 0 Å². The topological polar surface area (TPSA) is 79.4 Å². The monoisotopic (exact) mass is 353 g/mol. The number of hydrogen-bond acceptors (Lipinski definition) is 5. The van der Waals surface area contributed by atoms with Crippen LogP contribution in [0.25, 0.3) is 0 Å². The van der Waals surface area contributed by atoms with Crippen molar-refractivity contribution < 1.29 is 13.2 Å². The Morgan fingerprint density at radius 2 is 2.13 bits per heavy atom. The van der Waals surface area contributed by atoms with E-state index >= 15 is 0 Å². The molecule has 2 aromatic heterocycles. The Labute approximate surface area is 140 Å². The van der Waals surface area contributed by atoms with Crippen LogP contribution in [0.4, 0.5) is 0 Å². The van der Waals surface area contributed by atoms with Crippen molar-refractivity contribution in [1.29, 1.82) is 0 Å². The summed E-state index contributed by atoms with van der Waals surface area (Å²) in [5.41, 5.74) is 0.790. The summed E-state index contributed by atoms with van der Waals surface area (Å²) < 4.78 is 26.0. The van der Waals surface area contributed by atoms with Gasteiger partial charge in [-0.3, -0.25) is 9.78 Å². The second-order valence-corrected chi connectivity index (χ2v) is 8.18. The lowest BCUT2D eigenvalue weighted by Crippen LogP contribution is -2.29. The summed E-state index contributed by atoms with van der Waals surface area (Å²) in [4.78, 5) is 15.9. The fourth-order valence-corrected chi connectivity index (χ4v) is 4.34. The molecule has 0 aromatic carbocycles. The molecule has 0 fully saturated rings. The minimum atomic E-state index is -3.44. The Balaban J connectivity index is 1.73. The zero-order chi connectivity index (χ0) is 16.7. The average molecular weight is 353 g/mol. The number of carbonyl (C=O) groups is 1. The maximum Gasteiger partial charge on any atom is 0.252 e. The molecular weight excluding hydrogens is 334 g/mol. The zero-order valence-electron chi connectivity index (χ0n) is 12.8. The Kier molecular flexibility index (Phi) is 6.26. The third-order valence-electron chi connectivity index (χ3n) is 3.23. The van der Waals surface area contributed by atoms with Gasteiger partial charge in [0.15, 0.2) is 0 Å². The van der Waals surface area contributed by atoms with E-state index in [1.54, 1.807) is 23.7 Å². The molecule has 2 heterocycles. The van der Waals surface area contributed by atoms with Crippen molar-refractivity contribution in [2.24, 2.45) is 0 Å². The number of aromatic nitrogens is 1. The molecule has 23 heavy (non-hydrogen) atoms. The molecule has 1 amide bonds. The van der Waals surface area contributed by atoms with Crippen LogP contribution in [0, 0.1) is 0 Å². The van der Waals surface area contributed by atoms with E-state index in [0.29, 0.717) is 23.7 Å². The first-order valence-electron chi connectivity index (χ1n) is 7.16. The number of nitrogens with one attached hydrogen (secondary N) is 1. The summed E-state index contributed by atoms with van der Waals surface area (Å²) in [5.74, 6) is -0.113. The molecule has 8 heteroatoms. The minimum absolute atomic E-state index is 0.113. The smallest absolute Gasteiger partial charge is 0.252 e. The van der Waals surface area contributed by atoms with Gasteiger partial charge in [0.25, 0.3) is 10.0 Å². The first-order valence-corrected chi connectivity index (χ1v) is 9.48. The van der Waals surface area contributed by atoms with E-state index in [1.165, 1.54) is 22.7 Å². The number of sulfonamides is 1. The Hall–Kier alpha value is -1.77. The van der Waals surface area contributed by atoms with Gasteiger partial charge in [0.05, 0.1) is 12.2 Å². The van der Waals surface area contributed by atoms with E-state index in [-0.39, 0.29) is 12.3 Å². The fraction of sp³-hybridized carbons (Fsp3) is 0.333. The van der Waals surface area contributed by atoms with Crippen LogP contribution in [-0.2, 0) is 21.4 Å². The summed E-state index contributed by atoms with van der Waals surface area (Å²) in [5, 5.41) is 4.50. The summed E-state index contributed by atoms with van der Waals surface area (Å²) in [6.45, 7) is 0.681. The van der Waals surface area contributed by atoms with Gasteiger partial charge in [0.1, 0.15) is 4.21 Å². The minimum Gasteiger partial charge on any atom is -0.350 e. The van der Waals surface area contributed by atoms with Gasteiger partial charge in [-0.15, -0.1) is 11.3 Å².